The Morgan fingerprint density at radius 1 is 0.864 bits per heavy atom. The minimum Gasteiger partial charge on any atom is -0.456 e. The summed E-state index contributed by atoms with van der Waals surface area (Å²) in [6.07, 6.45) is 0. The molecule has 22 heavy (non-hydrogen) atoms. The number of hydrogen-bond acceptors (Lipinski definition) is 2. The van der Waals surface area contributed by atoms with Crippen LogP contribution in [0.1, 0.15) is 0 Å². The average molecular weight is 351 g/mol. The van der Waals surface area contributed by atoms with Gasteiger partial charge in [0.2, 0.25) is 0 Å². The Bertz CT molecular complexity index is 1050. The predicted molar refractivity (Wildman–Crippen MR) is 93.1 cm³/mol. The summed E-state index contributed by atoms with van der Waals surface area (Å²) in [5.74, 6) is 0.584. The largest absolute Gasteiger partial charge is 0.456 e. The second-order valence-electron chi connectivity index (χ2n) is 5.14. The third-order valence-electron chi connectivity index (χ3n) is 3.75. The molecule has 0 bridgehead atoms. The molecule has 0 unspecified atom stereocenters. The van der Waals surface area contributed by atoms with E-state index in [4.69, 9.17) is 4.42 Å². The van der Waals surface area contributed by atoms with E-state index in [0.29, 0.717) is 16.7 Å². The van der Waals surface area contributed by atoms with Crippen LogP contribution < -0.4 is 5.43 Å². The normalized spacial score (nSPS) is 11.1. The molecule has 3 heteroatoms. The molecule has 0 atom stereocenters. The Morgan fingerprint density at radius 3 is 2.45 bits per heavy atom. The molecule has 4 rings (SSSR count). The number of hydrogen-bond donors (Lipinski definition) is 0. The summed E-state index contributed by atoms with van der Waals surface area (Å²) in [7, 11) is 0. The maximum absolute atomic E-state index is 12.6. The number of benzene rings is 3. The van der Waals surface area contributed by atoms with Gasteiger partial charge < -0.3 is 4.42 Å². The summed E-state index contributed by atoms with van der Waals surface area (Å²) in [4.78, 5) is 12.6. The quantitative estimate of drug-likeness (QED) is 0.431. The van der Waals surface area contributed by atoms with Crippen LogP contribution in [0.15, 0.2) is 80.4 Å². The Labute approximate surface area is 135 Å². The fourth-order valence-electron chi connectivity index (χ4n) is 2.69. The van der Waals surface area contributed by atoms with Crippen molar-refractivity contribution in [2.45, 2.75) is 0 Å². The van der Waals surface area contributed by atoms with E-state index in [-0.39, 0.29) is 5.43 Å². The first-order chi connectivity index (χ1) is 10.7. The Kier molecular flexibility index (Phi) is 3.09. The highest BCUT2D eigenvalue weighted by Gasteiger charge is 2.09. The summed E-state index contributed by atoms with van der Waals surface area (Å²) in [5.41, 5.74) is 1.48. The summed E-state index contributed by atoms with van der Waals surface area (Å²) in [6, 6.07) is 21.0. The van der Waals surface area contributed by atoms with Crippen molar-refractivity contribution in [3.63, 3.8) is 0 Å². The fourth-order valence-corrected chi connectivity index (χ4v) is 2.95. The van der Waals surface area contributed by atoms with Gasteiger partial charge in [-0.3, -0.25) is 4.79 Å². The molecule has 0 saturated carbocycles. The molecular weight excluding hydrogens is 340 g/mol. The van der Waals surface area contributed by atoms with E-state index >= 15 is 0 Å². The number of rotatable bonds is 1. The van der Waals surface area contributed by atoms with Gasteiger partial charge in [0, 0.05) is 16.1 Å². The predicted octanol–water partition coefficient (Wildman–Crippen LogP) is 5.38. The van der Waals surface area contributed by atoms with E-state index in [2.05, 4.69) is 15.9 Å². The lowest BCUT2D eigenvalue weighted by Gasteiger charge is -2.06. The van der Waals surface area contributed by atoms with Crippen LogP contribution in [0.25, 0.3) is 33.1 Å². The molecule has 106 valence electrons. The molecule has 0 spiro atoms. The van der Waals surface area contributed by atoms with Gasteiger partial charge in [0.1, 0.15) is 11.3 Å². The van der Waals surface area contributed by atoms with Crippen LogP contribution in [-0.2, 0) is 0 Å². The van der Waals surface area contributed by atoms with Crippen LogP contribution in [0.2, 0.25) is 0 Å². The Hall–Kier alpha value is -2.39. The molecule has 0 aliphatic heterocycles. The van der Waals surface area contributed by atoms with Crippen LogP contribution in [-0.4, -0.2) is 0 Å². The van der Waals surface area contributed by atoms with Gasteiger partial charge in [-0.15, -0.1) is 0 Å². The second kappa shape index (κ2) is 5.11. The van der Waals surface area contributed by atoms with Crippen LogP contribution >= 0.6 is 15.9 Å². The van der Waals surface area contributed by atoms with Crippen molar-refractivity contribution in [1.29, 1.82) is 0 Å². The van der Waals surface area contributed by atoms with E-state index < -0.39 is 0 Å². The van der Waals surface area contributed by atoms with Crippen molar-refractivity contribution in [3.8, 4) is 11.3 Å². The third kappa shape index (κ3) is 2.14. The summed E-state index contributed by atoms with van der Waals surface area (Å²) < 4.78 is 6.95. The highest BCUT2D eigenvalue weighted by molar-refractivity contribution is 9.10. The van der Waals surface area contributed by atoms with Gasteiger partial charge in [0.15, 0.2) is 5.43 Å². The molecule has 1 heterocycles. The van der Waals surface area contributed by atoms with E-state index in [1.54, 1.807) is 6.07 Å². The smallest absolute Gasteiger partial charge is 0.193 e. The topological polar surface area (TPSA) is 30.2 Å². The lowest BCUT2D eigenvalue weighted by molar-refractivity contribution is 0.619. The van der Waals surface area contributed by atoms with Gasteiger partial charge in [-0.1, -0.05) is 58.4 Å². The van der Waals surface area contributed by atoms with Crippen molar-refractivity contribution in [1.82, 2.24) is 0 Å². The first kappa shape index (κ1) is 13.3. The molecule has 0 aliphatic carbocycles. The molecule has 0 aliphatic rings. The molecule has 0 N–H and O–H groups in total. The zero-order chi connectivity index (χ0) is 15.1. The summed E-state index contributed by atoms with van der Waals surface area (Å²) >= 11 is 3.41. The molecule has 3 aromatic carbocycles. The van der Waals surface area contributed by atoms with Crippen molar-refractivity contribution >= 4 is 37.7 Å². The summed E-state index contributed by atoms with van der Waals surface area (Å²) in [5, 5.41) is 2.61. The van der Waals surface area contributed by atoms with Crippen molar-refractivity contribution < 1.29 is 4.42 Å². The minimum atomic E-state index is -0.0176. The number of fused-ring (bicyclic) bond motifs is 3. The Morgan fingerprint density at radius 2 is 1.64 bits per heavy atom. The molecule has 0 radical (unpaired) electrons. The molecule has 0 amide bonds. The molecule has 0 saturated heterocycles. The molecule has 2 nitrogen and oxygen atoms in total. The van der Waals surface area contributed by atoms with E-state index in [1.807, 2.05) is 60.7 Å². The number of halogens is 1. The van der Waals surface area contributed by atoms with Crippen LogP contribution in [0, 0.1) is 0 Å². The van der Waals surface area contributed by atoms with Crippen LogP contribution in [0.3, 0.4) is 0 Å². The molecule has 1 aromatic heterocycles. The standard InChI is InChI=1S/C19H11BrO2/c20-14-8-5-13(6-9-14)18-11-16(21)19-15-4-2-1-3-12(15)7-10-17(19)22-18/h1-11H. The zero-order valence-corrected chi connectivity index (χ0v) is 13.1. The van der Waals surface area contributed by atoms with Crippen molar-refractivity contribution in [2.24, 2.45) is 0 Å². The van der Waals surface area contributed by atoms with Gasteiger partial charge in [-0.25, -0.2) is 0 Å². The van der Waals surface area contributed by atoms with Crippen LogP contribution in [0.5, 0.6) is 0 Å². The van der Waals surface area contributed by atoms with Gasteiger partial charge in [0.05, 0.1) is 5.39 Å². The Balaban J connectivity index is 2.03. The van der Waals surface area contributed by atoms with Gasteiger partial charge in [-0.2, -0.15) is 0 Å². The molecule has 4 aromatic rings. The van der Waals surface area contributed by atoms with Crippen LogP contribution in [0.4, 0.5) is 0 Å². The maximum atomic E-state index is 12.6. The zero-order valence-electron chi connectivity index (χ0n) is 11.5. The maximum Gasteiger partial charge on any atom is 0.193 e. The minimum absolute atomic E-state index is 0.0176. The first-order valence-corrected chi connectivity index (χ1v) is 7.73. The van der Waals surface area contributed by atoms with Gasteiger partial charge >= 0.3 is 0 Å². The van der Waals surface area contributed by atoms with E-state index in [9.17, 15) is 4.79 Å². The van der Waals surface area contributed by atoms with E-state index in [1.165, 1.54) is 0 Å². The van der Waals surface area contributed by atoms with Crippen molar-refractivity contribution in [3.05, 3.63) is 81.4 Å². The van der Waals surface area contributed by atoms with Crippen molar-refractivity contribution in [2.75, 3.05) is 0 Å². The monoisotopic (exact) mass is 350 g/mol. The lowest BCUT2D eigenvalue weighted by atomic mass is 10.0. The molecule has 0 fully saturated rings. The van der Waals surface area contributed by atoms with Gasteiger partial charge in [-0.05, 0) is 29.0 Å². The molecular formula is C19H11BrO2. The highest BCUT2D eigenvalue weighted by Crippen LogP contribution is 2.27. The average Bonchev–Trinajstić information content (AvgIpc) is 2.55. The van der Waals surface area contributed by atoms with Gasteiger partial charge in [0.25, 0.3) is 0 Å². The highest BCUT2D eigenvalue weighted by atomic mass is 79.9. The second-order valence-corrected chi connectivity index (χ2v) is 6.06. The van der Waals surface area contributed by atoms with E-state index in [0.717, 1.165) is 20.8 Å². The first-order valence-electron chi connectivity index (χ1n) is 6.94. The fraction of sp³-hybridized carbons (Fsp3) is 0. The lowest BCUT2D eigenvalue weighted by Crippen LogP contribution is -2.01. The SMILES string of the molecule is O=c1cc(-c2ccc(Br)cc2)oc2ccc3ccccc3c12. The third-order valence-corrected chi connectivity index (χ3v) is 4.28. The summed E-state index contributed by atoms with van der Waals surface area (Å²) in [6.45, 7) is 0.